The molecule has 0 spiro atoms. The largest absolute Gasteiger partial charge is 0.327 e. The molecule has 0 saturated heterocycles. The SMILES string of the molecule is CCc1ccc(CC(N)CCC(C)C)cc1. The Bertz CT molecular complexity index is 287. The predicted molar refractivity (Wildman–Crippen MR) is 71.6 cm³/mol. The summed E-state index contributed by atoms with van der Waals surface area (Å²) in [6, 6.07) is 9.17. The molecule has 1 aromatic rings. The number of hydrogen-bond donors (Lipinski definition) is 1. The van der Waals surface area contributed by atoms with Crippen LogP contribution in [0.1, 0.15) is 44.7 Å². The van der Waals surface area contributed by atoms with E-state index >= 15 is 0 Å². The minimum absolute atomic E-state index is 0.315. The van der Waals surface area contributed by atoms with Gasteiger partial charge in [0.05, 0.1) is 0 Å². The van der Waals surface area contributed by atoms with Crippen molar-refractivity contribution < 1.29 is 0 Å². The second-order valence-corrected chi connectivity index (χ2v) is 5.11. The van der Waals surface area contributed by atoms with Gasteiger partial charge in [0.25, 0.3) is 0 Å². The van der Waals surface area contributed by atoms with Crippen molar-refractivity contribution in [3.8, 4) is 0 Å². The van der Waals surface area contributed by atoms with Gasteiger partial charge >= 0.3 is 0 Å². The van der Waals surface area contributed by atoms with Crippen molar-refractivity contribution in [3.63, 3.8) is 0 Å². The molecule has 16 heavy (non-hydrogen) atoms. The summed E-state index contributed by atoms with van der Waals surface area (Å²) in [4.78, 5) is 0. The van der Waals surface area contributed by atoms with E-state index < -0.39 is 0 Å². The first kappa shape index (κ1) is 13.2. The second kappa shape index (κ2) is 6.70. The number of nitrogens with two attached hydrogens (primary N) is 1. The van der Waals surface area contributed by atoms with Gasteiger partial charge in [0.1, 0.15) is 0 Å². The summed E-state index contributed by atoms with van der Waals surface area (Å²) in [5, 5.41) is 0. The third-order valence-corrected chi connectivity index (χ3v) is 3.04. The molecule has 0 amide bonds. The fourth-order valence-corrected chi connectivity index (χ4v) is 1.86. The van der Waals surface area contributed by atoms with Crippen LogP contribution in [-0.2, 0) is 12.8 Å². The van der Waals surface area contributed by atoms with Gasteiger partial charge in [-0.1, -0.05) is 45.0 Å². The van der Waals surface area contributed by atoms with Crippen LogP contribution in [0.15, 0.2) is 24.3 Å². The highest BCUT2D eigenvalue weighted by Crippen LogP contribution is 2.11. The van der Waals surface area contributed by atoms with Crippen LogP contribution >= 0.6 is 0 Å². The van der Waals surface area contributed by atoms with Crippen LogP contribution in [0.2, 0.25) is 0 Å². The minimum atomic E-state index is 0.315. The summed E-state index contributed by atoms with van der Waals surface area (Å²) in [6.07, 6.45) is 4.48. The first-order valence-electron chi connectivity index (χ1n) is 6.45. The fraction of sp³-hybridized carbons (Fsp3) is 0.600. The Labute approximate surface area is 100 Å². The second-order valence-electron chi connectivity index (χ2n) is 5.11. The zero-order valence-corrected chi connectivity index (χ0v) is 10.9. The van der Waals surface area contributed by atoms with E-state index in [4.69, 9.17) is 5.73 Å². The Morgan fingerprint density at radius 2 is 1.56 bits per heavy atom. The lowest BCUT2D eigenvalue weighted by molar-refractivity contribution is 0.495. The lowest BCUT2D eigenvalue weighted by Crippen LogP contribution is -2.23. The van der Waals surface area contributed by atoms with Crippen molar-refractivity contribution in [2.24, 2.45) is 11.7 Å². The molecule has 90 valence electrons. The molecule has 0 fully saturated rings. The number of hydrogen-bond acceptors (Lipinski definition) is 1. The van der Waals surface area contributed by atoms with Crippen LogP contribution in [0.5, 0.6) is 0 Å². The van der Waals surface area contributed by atoms with Crippen LogP contribution < -0.4 is 5.73 Å². The van der Waals surface area contributed by atoms with Gasteiger partial charge in [-0.25, -0.2) is 0 Å². The topological polar surface area (TPSA) is 26.0 Å². The zero-order valence-electron chi connectivity index (χ0n) is 10.9. The molecule has 0 bridgehead atoms. The summed E-state index contributed by atoms with van der Waals surface area (Å²) >= 11 is 0. The Balaban J connectivity index is 2.40. The molecule has 0 aliphatic rings. The summed E-state index contributed by atoms with van der Waals surface area (Å²) < 4.78 is 0. The smallest absolute Gasteiger partial charge is 0.00794 e. The average Bonchev–Trinajstić information content (AvgIpc) is 2.27. The van der Waals surface area contributed by atoms with Crippen molar-refractivity contribution in [1.82, 2.24) is 0 Å². The molecule has 1 aromatic carbocycles. The Morgan fingerprint density at radius 1 is 1.00 bits per heavy atom. The van der Waals surface area contributed by atoms with Gasteiger partial charge in [0.15, 0.2) is 0 Å². The molecule has 1 rings (SSSR count). The van der Waals surface area contributed by atoms with Crippen molar-refractivity contribution in [1.29, 1.82) is 0 Å². The molecule has 0 heterocycles. The zero-order chi connectivity index (χ0) is 12.0. The van der Waals surface area contributed by atoms with E-state index in [0.717, 1.165) is 25.2 Å². The van der Waals surface area contributed by atoms with E-state index in [1.165, 1.54) is 17.5 Å². The average molecular weight is 219 g/mol. The van der Waals surface area contributed by atoms with E-state index in [1.807, 2.05) is 0 Å². The van der Waals surface area contributed by atoms with E-state index in [1.54, 1.807) is 0 Å². The Morgan fingerprint density at radius 3 is 2.06 bits per heavy atom. The Kier molecular flexibility index (Phi) is 5.54. The number of aryl methyl sites for hydroxylation is 1. The maximum absolute atomic E-state index is 6.12. The highest BCUT2D eigenvalue weighted by Gasteiger charge is 2.05. The van der Waals surface area contributed by atoms with Gasteiger partial charge < -0.3 is 5.73 Å². The van der Waals surface area contributed by atoms with Gasteiger partial charge in [-0.2, -0.15) is 0 Å². The predicted octanol–water partition coefficient (Wildman–Crippen LogP) is 3.56. The van der Waals surface area contributed by atoms with Crippen LogP contribution in [0.4, 0.5) is 0 Å². The maximum atomic E-state index is 6.12. The van der Waals surface area contributed by atoms with Gasteiger partial charge in [-0.3, -0.25) is 0 Å². The van der Waals surface area contributed by atoms with Crippen LogP contribution in [0, 0.1) is 5.92 Å². The van der Waals surface area contributed by atoms with Crippen LogP contribution in [-0.4, -0.2) is 6.04 Å². The van der Waals surface area contributed by atoms with E-state index in [0.29, 0.717) is 6.04 Å². The number of benzene rings is 1. The van der Waals surface area contributed by atoms with Crippen LogP contribution in [0.3, 0.4) is 0 Å². The van der Waals surface area contributed by atoms with Gasteiger partial charge in [0, 0.05) is 6.04 Å². The fourth-order valence-electron chi connectivity index (χ4n) is 1.86. The van der Waals surface area contributed by atoms with Crippen molar-refractivity contribution >= 4 is 0 Å². The highest BCUT2D eigenvalue weighted by atomic mass is 14.6. The third-order valence-electron chi connectivity index (χ3n) is 3.04. The Hall–Kier alpha value is -0.820. The molecule has 2 N–H and O–H groups in total. The van der Waals surface area contributed by atoms with E-state index in [9.17, 15) is 0 Å². The van der Waals surface area contributed by atoms with Gasteiger partial charge in [-0.05, 0) is 42.7 Å². The standard InChI is InChI=1S/C15H25N/c1-4-13-6-8-14(9-7-13)11-15(16)10-5-12(2)3/h6-9,12,15H,4-5,10-11,16H2,1-3H3. The molecule has 1 heteroatoms. The summed E-state index contributed by atoms with van der Waals surface area (Å²) in [5.41, 5.74) is 8.90. The minimum Gasteiger partial charge on any atom is -0.327 e. The highest BCUT2D eigenvalue weighted by molar-refractivity contribution is 5.23. The van der Waals surface area contributed by atoms with Crippen molar-refractivity contribution in [2.45, 2.75) is 52.5 Å². The van der Waals surface area contributed by atoms with Crippen molar-refractivity contribution in [2.75, 3.05) is 0 Å². The number of rotatable bonds is 6. The van der Waals surface area contributed by atoms with Crippen LogP contribution in [0.25, 0.3) is 0 Å². The van der Waals surface area contributed by atoms with E-state index in [2.05, 4.69) is 45.0 Å². The molecule has 0 aromatic heterocycles. The molecule has 1 atom stereocenters. The summed E-state index contributed by atoms with van der Waals surface area (Å²) in [7, 11) is 0. The van der Waals surface area contributed by atoms with E-state index in [-0.39, 0.29) is 0 Å². The normalized spacial score (nSPS) is 13.1. The molecular weight excluding hydrogens is 194 g/mol. The molecule has 0 aliphatic carbocycles. The molecular formula is C15H25N. The first-order chi connectivity index (χ1) is 7.61. The lowest BCUT2D eigenvalue weighted by atomic mass is 9.98. The summed E-state index contributed by atoms with van der Waals surface area (Å²) in [6.45, 7) is 6.69. The lowest BCUT2D eigenvalue weighted by Gasteiger charge is -2.13. The molecule has 0 saturated carbocycles. The quantitative estimate of drug-likeness (QED) is 0.778. The first-order valence-corrected chi connectivity index (χ1v) is 6.45. The maximum Gasteiger partial charge on any atom is 0.00794 e. The molecule has 0 radical (unpaired) electrons. The van der Waals surface area contributed by atoms with Gasteiger partial charge in [-0.15, -0.1) is 0 Å². The third kappa shape index (κ3) is 4.80. The molecule has 1 unspecified atom stereocenters. The van der Waals surface area contributed by atoms with Crippen molar-refractivity contribution in [3.05, 3.63) is 35.4 Å². The molecule has 0 aliphatic heterocycles. The monoisotopic (exact) mass is 219 g/mol. The van der Waals surface area contributed by atoms with Gasteiger partial charge in [0.2, 0.25) is 0 Å². The summed E-state index contributed by atoms with van der Waals surface area (Å²) in [5.74, 6) is 0.758. The molecule has 1 nitrogen and oxygen atoms in total.